The van der Waals surface area contributed by atoms with Gasteiger partial charge in [0.1, 0.15) is 0 Å². The molecule has 2 N–H and O–H groups in total. The topological polar surface area (TPSA) is 79.3 Å². The highest BCUT2D eigenvalue weighted by atomic mass is 32.1. The van der Waals surface area contributed by atoms with Crippen LogP contribution in [0.15, 0.2) is 5.38 Å². The van der Waals surface area contributed by atoms with Gasteiger partial charge in [0, 0.05) is 11.3 Å². The lowest BCUT2D eigenvalue weighted by Gasteiger charge is -2.14. The SMILES string of the molecule is O=C(O)[C@H]1CCC[C@H]1C(=O)Nc1nc(C2CC2)cs1. The van der Waals surface area contributed by atoms with E-state index in [9.17, 15) is 9.59 Å². The predicted molar refractivity (Wildman–Crippen MR) is 71.2 cm³/mol. The molecule has 3 rings (SSSR count). The van der Waals surface area contributed by atoms with Crippen molar-refractivity contribution in [2.45, 2.75) is 38.0 Å². The molecule has 1 heterocycles. The minimum Gasteiger partial charge on any atom is -0.481 e. The van der Waals surface area contributed by atoms with Gasteiger partial charge < -0.3 is 10.4 Å². The Balaban J connectivity index is 1.64. The molecule has 6 heteroatoms. The van der Waals surface area contributed by atoms with Crippen LogP contribution in [0.1, 0.15) is 43.7 Å². The van der Waals surface area contributed by atoms with E-state index in [4.69, 9.17) is 5.11 Å². The van der Waals surface area contributed by atoms with Gasteiger partial charge in [-0.15, -0.1) is 11.3 Å². The van der Waals surface area contributed by atoms with Crippen molar-refractivity contribution in [3.05, 3.63) is 11.1 Å². The third-order valence-electron chi connectivity index (χ3n) is 3.92. The molecule has 2 atom stereocenters. The van der Waals surface area contributed by atoms with Crippen LogP contribution in [-0.2, 0) is 9.59 Å². The molecule has 1 amide bonds. The Morgan fingerprint density at radius 2 is 2.00 bits per heavy atom. The van der Waals surface area contributed by atoms with Gasteiger partial charge in [-0.25, -0.2) is 4.98 Å². The second-order valence-electron chi connectivity index (χ2n) is 5.32. The number of hydrogen-bond acceptors (Lipinski definition) is 4. The van der Waals surface area contributed by atoms with Crippen LogP contribution in [0.3, 0.4) is 0 Å². The summed E-state index contributed by atoms with van der Waals surface area (Å²) in [6.45, 7) is 0. The largest absolute Gasteiger partial charge is 0.481 e. The van der Waals surface area contributed by atoms with E-state index in [-0.39, 0.29) is 5.91 Å². The fraction of sp³-hybridized carbons (Fsp3) is 0.615. The number of amides is 1. The average molecular weight is 280 g/mol. The molecule has 0 radical (unpaired) electrons. The molecule has 0 aromatic carbocycles. The van der Waals surface area contributed by atoms with Crippen molar-refractivity contribution < 1.29 is 14.7 Å². The van der Waals surface area contributed by atoms with Gasteiger partial charge in [0.15, 0.2) is 5.13 Å². The number of nitrogens with zero attached hydrogens (tertiary/aromatic N) is 1. The summed E-state index contributed by atoms with van der Waals surface area (Å²) >= 11 is 1.42. The van der Waals surface area contributed by atoms with Crippen molar-refractivity contribution in [2.75, 3.05) is 5.32 Å². The maximum absolute atomic E-state index is 12.1. The zero-order valence-electron chi connectivity index (χ0n) is 10.5. The van der Waals surface area contributed by atoms with Crippen LogP contribution in [0.5, 0.6) is 0 Å². The van der Waals surface area contributed by atoms with Crippen LogP contribution in [0.2, 0.25) is 0 Å². The Morgan fingerprint density at radius 3 is 2.68 bits per heavy atom. The number of nitrogens with one attached hydrogen (secondary N) is 1. The lowest BCUT2D eigenvalue weighted by molar-refractivity contribution is -0.145. The lowest BCUT2D eigenvalue weighted by atomic mass is 9.95. The van der Waals surface area contributed by atoms with Gasteiger partial charge in [0.2, 0.25) is 5.91 Å². The van der Waals surface area contributed by atoms with Crippen LogP contribution in [0, 0.1) is 11.8 Å². The Hall–Kier alpha value is -1.43. The molecule has 2 saturated carbocycles. The van der Waals surface area contributed by atoms with Crippen LogP contribution < -0.4 is 5.32 Å². The molecule has 5 nitrogen and oxygen atoms in total. The first-order valence-electron chi connectivity index (χ1n) is 6.64. The number of carboxylic acid groups (broad SMARTS) is 1. The minimum atomic E-state index is -0.865. The minimum absolute atomic E-state index is 0.193. The van der Waals surface area contributed by atoms with E-state index in [1.54, 1.807) is 0 Å². The summed E-state index contributed by atoms with van der Waals surface area (Å²) in [6.07, 6.45) is 4.42. The highest BCUT2D eigenvalue weighted by Crippen LogP contribution is 2.41. The number of aromatic nitrogens is 1. The summed E-state index contributed by atoms with van der Waals surface area (Å²) < 4.78 is 0. The molecular weight excluding hydrogens is 264 g/mol. The Kier molecular flexibility index (Phi) is 3.26. The van der Waals surface area contributed by atoms with E-state index < -0.39 is 17.8 Å². The van der Waals surface area contributed by atoms with Crippen LogP contribution >= 0.6 is 11.3 Å². The number of hydrogen-bond donors (Lipinski definition) is 2. The lowest BCUT2D eigenvalue weighted by Crippen LogP contribution is -2.29. The van der Waals surface area contributed by atoms with Crippen molar-refractivity contribution in [3.8, 4) is 0 Å². The monoisotopic (exact) mass is 280 g/mol. The van der Waals surface area contributed by atoms with Crippen LogP contribution in [0.4, 0.5) is 5.13 Å². The zero-order chi connectivity index (χ0) is 13.4. The molecule has 0 aliphatic heterocycles. The van der Waals surface area contributed by atoms with Gasteiger partial charge in [-0.1, -0.05) is 6.42 Å². The first-order chi connectivity index (χ1) is 9.15. The normalized spacial score (nSPS) is 26.3. The summed E-state index contributed by atoms with van der Waals surface area (Å²) in [5.41, 5.74) is 1.06. The van der Waals surface area contributed by atoms with Crippen molar-refractivity contribution in [3.63, 3.8) is 0 Å². The standard InChI is InChI=1S/C13H16N2O3S/c16-11(8-2-1-3-9(8)12(17)18)15-13-14-10(6-19-13)7-4-5-7/h6-9H,1-5H2,(H,17,18)(H,14,15,16)/t8-,9+/m1/s1. The molecule has 0 bridgehead atoms. The molecule has 2 fully saturated rings. The second-order valence-corrected chi connectivity index (χ2v) is 6.18. The molecule has 19 heavy (non-hydrogen) atoms. The summed E-state index contributed by atoms with van der Waals surface area (Å²) in [5, 5.41) is 14.5. The Morgan fingerprint density at radius 1 is 1.26 bits per heavy atom. The van der Waals surface area contributed by atoms with Crippen LogP contribution in [0.25, 0.3) is 0 Å². The summed E-state index contributed by atoms with van der Waals surface area (Å²) in [7, 11) is 0. The number of aliphatic carboxylic acids is 1. The molecular formula is C13H16N2O3S. The molecule has 0 saturated heterocycles. The van der Waals surface area contributed by atoms with Gasteiger partial charge >= 0.3 is 5.97 Å². The highest BCUT2D eigenvalue weighted by Gasteiger charge is 2.38. The molecule has 2 aliphatic carbocycles. The Labute approximate surface area is 115 Å². The quantitative estimate of drug-likeness (QED) is 0.888. The third-order valence-corrected chi connectivity index (χ3v) is 4.69. The molecule has 1 aromatic heterocycles. The predicted octanol–water partition coefficient (Wildman–Crippen LogP) is 2.46. The first-order valence-corrected chi connectivity index (χ1v) is 7.52. The van der Waals surface area contributed by atoms with E-state index >= 15 is 0 Å². The average Bonchev–Trinajstić information content (AvgIpc) is 2.92. The summed E-state index contributed by atoms with van der Waals surface area (Å²) in [4.78, 5) is 27.6. The molecule has 0 unspecified atom stereocenters. The van der Waals surface area contributed by atoms with E-state index in [1.165, 1.54) is 24.2 Å². The number of anilines is 1. The zero-order valence-corrected chi connectivity index (χ0v) is 11.3. The van der Waals surface area contributed by atoms with Crippen molar-refractivity contribution in [2.24, 2.45) is 11.8 Å². The molecule has 2 aliphatic rings. The number of carbonyl (C=O) groups excluding carboxylic acids is 1. The fourth-order valence-corrected chi connectivity index (χ4v) is 3.47. The first kappa shape index (κ1) is 12.6. The van der Waals surface area contributed by atoms with E-state index in [0.717, 1.165) is 12.1 Å². The third kappa shape index (κ3) is 2.63. The van der Waals surface area contributed by atoms with Crippen molar-refractivity contribution in [1.29, 1.82) is 0 Å². The van der Waals surface area contributed by atoms with Crippen LogP contribution in [-0.4, -0.2) is 22.0 Å². The Bertz CT molecular complexity index is 510. The summed E-state index contributed by atoms with van der Waals surface area (Å²) in [5.74, 6) is -1.44. The van der Waals surface area contributed by atoms with Gasteiger partial charge in [-0.05, 0) is 25.7 Å². The van der Waals surface area contributed by atoms with Gasteiger partial charge in [-0.3, -0.25) is 9.59 Å². The molecule has 102 valence electrons. The van der Waals surface area contributed by atoms with E-state index in [1.807, 2.05) is 5.38 Å². The number of thiazole rings is 1. The van der Waals surface area contributed by atoms with Crippen molar-refractivity contribution in [1.82, 2.24) is 4.98 Å². The van der Waals surface area contributed by atoms with E-state index in [2.05, 4.69) is 10.3 Å². The fourth-order valence-electron chi connectivity index (χ4n) is 2.68. The number of carbonyl (C=O) groups is 2. The highest BCUT2D eigenvalue weighted by molar-refractivity contribution is 7.13. The summed E-state index contributed by atoms with van der Waals surface area (Å²) in [6, 6.07) is 0. The number of rotatable bonds is 4. The maximum atomic E-state index is 12.1. The number of carboxylic acids is 1. The van der Waals surface area contributed by atoms with E-state index in [0.29, 0.717) is 23.9 Å². The maximum Gasteiger partial charge on any atom is 0.307 e. The second kappa shape index (κ2) is 4.92. The molecule has 0 spiro atoms. The van der Waals surface area contributed by atoms with Gasteiger partial charge in [0.05, 0.1) is 17.5 Å². The van der Waals surface area contributed by atoms with Crippen molar-refractivity contribution >= 4 is 28.3 Å². The smallest absolute Gasteiger partial charge is 0.307 e. The van der Waals surface area contributed by atoms with Gasteiger partial charge in [0.25, 0.3) is 0 Å². The van der Waals surface area contributed by atoms with Gasteiger partial charge in [-0.2, -0.15) is 0 Å². The molecule has 1 aromatic rings.